The second-order valence-corrected chi connectivity index (χ2v) is 12.7. The Morgan fingerprint density at radius 2 is 1.71 bits per heavy atom. The molecule has 45 heavy (non-hydrogen) atoms. The summed E-state index contributed by atoms with van der Waals surface area (Å²) in [6.07, 6.45) is -7.34. The molecule has 3 heterocycles. The maximum atomic E-state index is 13.7. The SMILES string of the molecule is CCc1ncc2sc(N3CCN(S(=O)(=O)c4ccc(C(F)(F)F)cc4)[C@@H](C(=O)NCc4ccc(OC(F)(F)F)cc4)C3)nc2n1. The minimum absolute atomic E-state index is 0.109. The van der Waals surface area contributed by atoms with Crippen LogP contribution in [0.25, 0.3) is 10.3 Å². The van der Waals surface area contributed by atoms with Gasteiger partial charge in [0.2, 0.25) is 15.9 Å². The molecule has 18 heteroatoms. The molecule has 0 saturated carbocycles. The van der Waals surface area contributed by atoms with Crippen LogP contribution in [-0.2, 0) is 34.0 Å². The van der Waals surface area contributed by atoms with E-state index in [1.807, 2.05) is 6.92 Å². The Bertz CT molecular complexity index is 1780. The van der Waals surface area contributed by atoms with E-state index in [0.29, 0.717) is 45.4 Å². The zero-order valence-corrected chi connectivity index (χ0v) is 24.9. The average molecular weight is 675 g/mol. The first kappa shape index (κ1) is 32.4. The van der Waals surface area contributed by atoms with E-state index in [0.717, 1.165) is 28.6 Å². The van der Waals surface area contributed by atoms with Gasteiger partial charge in [-0.2, -0.15) is 22.5 Å². The predicted molar refractivity (Wildman–Crippen MR) is 151 cm³/mol. The Hall–Kier alpha value is -4.03. The molecule has 0 aliphatic carbocycles. The molecule has 1 fully saturated rings. The molecule has 2 aromatic heterocycles. The number of benzene rings is 2. The van der Waals surface area contributed by atoms with Gasteiger partial charge in [0, 0.05) is 32.6 Å². The highest BCUT2D eigenvalue weighted by molar-refractivity contribution is 7.89. The fraction of sp³-hybridized carbons (Fsp3) is 0.333. The number of ether oxygens (including phenoxy) is 1. The molecule has 1 atom stereocenters. The monoisotopic (exact) mass is 674 g/mol. The van der Waals surface area contributed by atoms with Crippen LogP contribution in [0, 0.1) is 0 Å². The van der Waals surface area contributed by atoms with Crippen molar-refractivity contribution in [2.75, 3.05) is 24.5 Å². The molecule has 10 nitrogen and oxygen atoms in total. The van der Waals surface area contributed by atoms with E-state index >= 15 is 0 Å². The number of anilines is 1. The maximum Gasteiger partial charge on any atom is 0.573 e. The van der Waals surface area contributed by atoms with Gasteiger partial charge in [0.05, 0.1) is 21.4 Å². The van der Waals surface area contributed by atoms with Crippen molar-refractivity contribution in [3.8, 4) is 5.75 Å². The molecule has 1 aliphatic heterocycles. The van der Waals surface area contributed by atoms with Gasteiger partial charge < -0.3 is 15.0 Å². The number of nitrogens with zero attached hydrogens (tertiary/aromatic N) is 5. The lowest BCUT2D eigenvalue weighted by molar-refractivity contribution is -0.274. The number of rotatable bonds is 8. The number of hydrogen-bond acceptors (Lipinski definition) is 9. The number of halogens is 6. The minimum atomic E-state index is -4.88. The molecule has 0 bridgehead atoms. The first-order valence-electron chi connectivity index (χ1n) is 13.3. The van der Waals surface area contributed by atoms with Crippen LogP contribution in [0.3, 0.4) is 0 Å². The van der Waals surface area contributed by atoms with Gasteiger partial charge in [0.25, 0.3) is 0 Å². The molecule has 5 rings (SSSR count). The number of piperazine rings is 1. The van der Waals surface area contributed by atoms with Gasteiger partial charge in [-0.1, -0.05) is 30.4 Å². The number of aryl methyl sites for hydroxylation is 1. The number of aromatic nitrogens is 3. The van der Waals surface area contributed by atoms with Crippen molar-refractivity contribution in [1.82, 2.24) is 24.6 Å². The average Bonchev–Trinajstić information content (AvgIpc) is 3.42. The van der Waals surface area contributed by atoms with Crippen LogP contribution in [0.4, 0.5) is 31.5 Å². The Labute approximate surface area is 256 Å². The van der Waals surface area contributed by atoms with Crippen LogP contribution in [0.1, 0.15) is 23.9 Å². The van der Waals surface area contributed by atoms with E-state index in [2.05, 4.69) is 25.0 Å². The summed E-state index contributed by atoms with van der Waals surface area (Å²) in [4.78, 5) is 28.0. The molecule has 1 saturated heterocycles. The Balaban J connectivity index is 1.40. The second-order valence-electron chi connectivity index (χ2n) is 9.83. The van der Waals surface area contributed by atoms with E-state index in [9.17, 15) is 39.6 Å². The highest BCUT2D eigenvalue weighted by atomic mass is 32.2. The highest BCUT2D eigenvalue weighted by Crippen LogP contribution is 2.33. The molecule has 2 aromatic carbocycles. The Morgan fingerprint density at radius 3 is 2.33 bits per heavy atom. The third kappa shape index (κ3) is 7.45. The molecular weight excluding hydrogens is 650 g/mol. The summed E-state index contributed by atoms with van der Waals surface area (Å²) in [6, 6.07) is 6.37. The largest absolute Gasteiger partial charge is 0.573 e. The van der Waals surface area contributed by atoms with Crippen molar-refractivity contribution in [3.63, 3.8) is 0 Å². The van der Waals surface area contributed by atoms with Crippen molar-refractivity contribution in [1.29, 1.82) is 0 Å². The zero-order chi connectivity index (χ0) is 32.6. The van der Waals surface area contributed by atoms with Crippen LogP contribution in [-0.4, -0.2) is 65.6 Å². The van der Waals surface area contributed by atoms with Crippen LogP contribution in [0.5, 0.6) is 5.75 Å². The molecule has 0 unspecified atom stereocenters. The summed E-state index contributed by atoms with van der Waals surface area (Å²) in [5.74, 6) is -0.608. The van der Waals surface area contributed by atoms with Crippen molar-refractivity contribution < 1.29 is 44.3 Å². The Kier molecular flexibility index (Phi) is 8.92. The molecule has 1 N–H and O–H groups in total. The van der Waals surface area contributed by atoms with E-state index < -0.39 is 50.7 Å². The predicted octanol–water partition coefficient (Wildman–Crippen LogP) is 4.76. The first-order valence-corrected chi connectivity index (χ1v) is 15.6. The summed E-state index contributed by atoms with van der Waals surface area (Å²) >= 11 is 1.25. The summed E-state index contributed by atoms with van der Waals surface area (Å²) in [7, 11) is -4.45. The standard InChI is InChI=1S/C27H24F6N6O4S2/c1-2-22-34-14-21-23(36-22)37-25(44-21)38-11-12-39(45(41,42)19-9-5-17(6-10-19)26(28,29)30)20(15-38)24(40)35-13-16-3-7-18(8-4-16)43-27(31,32)33/h3-10,14,20H,2,11-13,15H2,1H3,(H,35,40)/t20-/m1/s1. The number of sulfonamides is 1. The highest BCUT2D eigenvalue weighted by Gasteiger charge is 2.41. The second kappa shape index (κ2) is 12.4. The van der Waals surface area contributed by atoms with E-state index in [1.165, 1.54) is 23.5 Å². The number of amides is 1. The fourth-order valence-electron chi connectivity index (χ4n) is 4.58. The van der Waals surface area contributed by atoms with Gasteiger partial charge in [-0.25, -0.2) is 18.4 Å². The minimum Gasteiger partial charge on any atom is -0.406 e. The van der Waals surface area contributed by atoms with Crippen molar-refractivity contribution in [2.24, 2.45) is 0 Å². The summed E-state index contributed by atoms with van der Waals surface area (Å²) in [6.45, 7) is 1.48. The van der Waals surface area contributed by atoms with Crippen LogP contribution >= 0.6 is 11.3 Å². The van der Waals surface area contributed by atoms with Gasteiger partial charge in [0.1, 0.15) is 17.6 Å². The third-order valence-corrected chi connectivity index (χ3v) is 9.78. The van der Waals surface area contributed by atoms with Crippen molar-refractivity contribution in [3.05, 3.63) is 71.7 Å². The number of nitrogens with one attached hydrogen (secondary N) is 1. The quantitative estimate of drug-likeness (QED) is 0.266. The van der Waals surface area contributed by atoms with Gasteiger partial charge >= 0.3 is 12.5 Å². The van der Waals surface area contributed by atoms with Crippen LogP contribution in [0.2, 0.25) is 0 Å². The van der Waals surface area contributed by atoms with Crippen molar-refractivity contribution in [2.45, 2.75) is 43.4 Å². The van der Waals surface area contributed by atoms with E-state index in [-0.39, 0.29) is 26.2 Å². The number of fused-ring (bicyclic) bond motifs is 1. The molecular formula is C27H24F6N6O4S2. The molecule has 1 aliphatic rings. The molecule has 4 aromatic rings. The number of hydrogen-bond donors (Lipinski definition) is 1. The lowest BCUT2D eigenvalue weighted by atomic mass is 10.1. The summed E-state index contributed by atoms with van der Waals surface area (Å²) < 4.78 is 109. The van der Waals surface area contributed by atoms with Crippen molar-refractivity contribution >= 4 is 42.7 Å². The third-order valence-electron chi connectivity index (χ3n) is 6.82. The van der Waals surface area contributed by atoms with Gasteiger partial charge in [-0.3, -0.25) is 4.79 Å². The first-order chi connectivity index (χ1) is 21.1. The topological polar surface area (TPSA) is 118 Å². The van der Waals surface area contributed by atoms with Gasteiger partial charge in [0.15, 0.2) is 10.8 Å². The summed E-state index contributed by atoms with van der Waals surface area (Å²) in [5.41, 5.74) is -0.183. The lowest BCUT2D eigenvalue weighted by Gasteiger charge is -2.39. The number of thiazole rings is 1. The van der Waals surface area contributed by atoms with E-state index in [1.54, 1.807) is 11.1 Å². The number of carbonyl (C=O) groups is 1. The fourth-order valence-corrected chi connectivity index (χ4v) is 7.06. The van der Waals surface area contributed by atoms with Gasteiger partial charge in [-0.15, -0.1) is 13.2 Å². The van der Waals surface area contributed by atoms with Gasteiger partial charge in [-0.05, 0) is 42.0 Å². The number of alkyl halides is 6. The van der Waals surface area contributed by atoms with E-state index in [4.69, 9.17) is 0 Å². The maximum absolute atomic E-state index is 13.7. The molecule has 0 spiro atoms. The molecule has 1 amide bonds. The summed E-state index contributed by atoms with van der Waals surface area (Å²) in [5, 5.41) is 3.08. The molecule has 0 radical (unpaired) electrons. The number of carbonyl (C=O) groups excluding carboxylic acids is 1. The zero-order valence-electron chi connectivity index (χ0n) is 23.3. The van der Waals surface area contributed by atoms with Crippen LogP contribution in [0.15, 0.2) is 59.6 Å². The normalized spacial score (nSPS) is 16.6. The lowest BCUT2D eigenvalue weighted by Crippen LogP contribution is -2.60. The molecule has 240 valence electrons. The van der Waals surface area contributed by atoms with Crippen LogP contribution < -0.4 is 15.0 Å². The Morgan fingerprint density at radius 1 is 1.02 bits per heavy atom. The smallest absolute Gasteiger partial charge is 0.406 e.